The van der Waals surface area contributed by atoms with Crippen LogP contribution < -0.4 is 5.43 Å². The van der Waals surface area contributed by atoms with Crippen molar-refractivity contribution in [2.45, 2.75) is 65.5 Å². The molecule has 1 aromatic rings. The van der Waals surface area contributed by atoms with E-state index in [0.29, 0.717) is 12.2 Å². The molecule has 6 heteroatoms. The number of rotatable bonds is 7. The minimum absolute atomic E-state index is 0.0620. The lowest BCUT2D eigenvalue weighted by Gasteiger charge is -2.41. The number of carbonyl (C=O) groups is 2. The summed E-state index contributed by atoms with van der Waals surface area (Å²) in [7, 11) is 0. The molecule has 0 aromatic heterocycles. The third kappa shape index (κ3) is 5.13. The van der Waals surface area contributed by atoms with Crippen LogP contribution in [0.1, 0.15) is 63.6 Å². The highest BCUT2D eigenvalue weighted by Gasteiger charge is 2.41. The third-order valence-electron chi connectivity index (χ3n) is 5.07. The first kappa shape index (κ1) is 22.0. The highest BCUT2D eigenvalue weighted by atomic mass is 16.4. The standard InChI is InChI=1S/C20H27N3O3.C2H6/c1-3-4-5-6-16-12-22(13-19(24)25)20(26)18-11-17(21-23(16)18)15-9-7-14(2)8-10-15;1-2/h7-11,16-17,21H,3-6,12-13H2,1-2H3,(H,24,25);1-2H3. The fourth-order valence-electron chi connectivity index (χ4n) is 3.65. The maximum Gasteiger partial charge on any atom is 0.323 e. The van der Waals surface area contributed by atoms with Gasteiger partial charge in [0.25, 0.3) is 5.91 Å². The van der Waals surface area contributed by atoms with E-state index in [2.05, 4.69) is 36.6 Å². The Morgan fingerprint density at radius 2 is 1.89 bits per heavy atom. The first-order valence-electron chi connectivity index (χ1n) is 10.3. The topological polar surface area (TPSA) is 72.9 Å². The van der Waals surface area contributed by atoms with Gasteiger partial charge in [-0.2, -0.15) is 0 Å². The van der Waals surface area contributed by atoms with Gasteiger partial charge in [0.05, 0.1) is 12.1 Å². The van der Waals surface area contributed by atoms with Gasteiger partial charge >= 0.3 is 5.97 Å². The molecule has 0 aliphatic carbocycles. The highest BCUT2D eigenvalue weighted by molar-refractivity contribution is 5.96. The third-order valence-corrected chi connectivity index (χ3v) is 5.07. The van der Waals surface area contributed by atoms with E-state index in [9.17, 15) is 9.59 Å². The van der Waals surface area contributed by atoms with Crippen LogP contribution in [0.25, 0.3) is 0 Å². The molecule has 3 rings (SSSR count). The minimum atomic E-state index is -0.972. The Bertz CT molecular complexity index is 699. The van der Waals surface area contributed by atoms with Crippen LogP contribution in [-0.2, 0) is 9.59 Å². The van der Waals surface area contributed by atoms with Crippen molar-refractivity contribution in [3.8, 4) is 0 Å². The molecular weight excluding hydrogens is 354 g/mol. The summed E-state index contributed by atoms with van der Waals surface area (Å²) in [5.74, 6) is -1.18. The number of nitrogens with one attached hydrogen (secondary N) is 1. The van der Waals surface area contributed by atoms with Gasteiger partial charge in [-0.25, -0.2) is 5.43 Å². The summed E-state index contributed by atoms with van der Waals surface area (Å²) in [6.07, 6.45) is 6.19. The maximum atomic E-state index is 12.8. The Morgan fingerprint density at radius 3 is 2.50 bits per heavy atom. The van der Waals surface area contributed by atoms with Crippen molar-refractivity contribution in [2.75, 3.05) is 13.1 Å². The van der Waals surface area contributed by atoms with E-state index in [0.717, 1.165) is 31.2 Å². The number of benzene rings is 1. The van der Waals surface area contributed by atoms with Gasteiger partial charge < -0.3 is 10.0 Å². The molecule has 0 spiro atoms. The first-order chi connectivity index (χ1) is 13.5. The predicted octanol–water partition coefficient (Wildman–Crippen LogP) is 3.64. The molecule has 28 heavy (non-hydrogen) atoms. The van der Waals surface area contributed by atoms with Gasteiger partial charge in [0, 0.05) is 6.54 Å². The molecule has 2 N–H and O–H groups in total. The van der Waals surface area contributed by atoms with Gasteiger partial charge in [-0.05, 0) is 25.0 Å². The summed E-state index contributed by atoms with van der Waals surface area (Å²) in [6, 6.07) is 8.28. The van der Waals surface area contributed by atoms with Crippen LogP contribution in [0.15, 0.2) is 36.0 Å². The summed E-state index contributed by atoms with van der Waals surface area (Å²) in [6.45, 7) is 8.40. The number of piperazine rings is 1. The van der Waals surface area contributed by atoms with Crippen LogP contribution >= 0.6 is 0 Å². The van der Waals surface area contributed by atoms with Crippen molar-refractivity contribution < 1.29 is 14.7 Å². The Labute approximate surface area is 168 Å². The first-order valence-corrected chi connectivity index (χ1v) is 10.3. The van der Waals surface area contributed by atoms with Crippen molar-refractivity contribution in [2.24, 2.45) is 0 Å². The maximum absolute atomic E-state index is 12.8. The number of carboxylic acid groups (broad SMARTS) is 1. The molecule has 2 atom stereocenters. The number of carbonyl (C=O) groups excluding carboxylic acids is 1. The average Bonchev–Trinajstić information content (AvgIpc) is 3.13. The van der Waals surface area contributed by atoms with E-state index in [-0.39, 0.29) is 24.5 Å². The zero-order chi connectivity index (χ0) is 20.7. The number of amides is 1. The number of fused-ring (bicyclic) bond motifs is 1. The largest absolute Gasteiger partial charge is 0.480 e. The summed E-state index contributed by atoms with van der Waals surface area (Å²) in [4.78, 5) is 25.4. The predicted molar refractivity (Wildman–Crippen MR) is 110 cm³/mol. The second-order valence-corrected chi connectivity index (χ2v) is 7.17. The second kappa shape index (κ2) is 10.3. The normalized spacial score (nSPS) is 21.0. The van der Waals surface area contributed by atoms with Crippen LogP contribution in [0.2, 0.25) is 0 Å². The fourth-order valence-corrected chi connectivity index (χ4v) is 3.65. The number of carboxylic acids is 1. The Morgan fingerprint density at radius 1 is 1.21 bits per heavy atom. The lowest BCUT2D eigenvalue weighted by molar-refractivity contribution is -0.146. The summed E-state index contributed by atoms with van der Waals surface area (Å²) in [5, 5.41) is 11.1. The number of aliphatic carboxylic acids is 1. The fraction of sp³-hybridized carbons (Fsp3) is 0.545. The number of hydrogen-bond acceptors (Lipinski definition) is 4. The molecule has 154 valence electrons. The van der Waals surface area contributed by atoms with Crippen molar-refractivity contribution in [1.82, 2.24) is 15.3 Å². The van der Waals surface area contributed by atoms with E-state index < -0.39 is 5.97 Å². The highest BCUT2D eigenvalue weighted by Crippen LogP contribution is 2.32. The van der Waals surface area contributed by atoms with E-state index >= 15 is 0 Å². The molecule has 0 saturated carbocycles. The van der Waals surface area contributed by atoms with E-state index in [1.807, 2.05) is 31.9 Å². The van der Waals surface area contributed by atoms with Gasteiger partial charge in [0.1, 0.15) is 12.2 Å². The number of hydrogen-bond donors (Lipinski definition) is 2. The van der Waals surface area contributed by atoms with Gasteiger partial charge in [0.2, 0.25) is 0 Å². The summed E-state index contributed by atoms with van der Waals surface area (Å²) in [5.41, 5.74) is 6.32. The molecule has 2 unspecified atom stereocenters. The number of nitrogens with zero attached hydrogens (tertiary/aromatic N) is 2. The van der Waals surface area contributed by atoms with Crippen LogP contribution in [0.5, 0.6) is 0 Å². The molecule has 0 bridgehead atoms. The molecular formula is C22H33N3O3. The van der Waals surface area contributed by atoms with Gasteiger partial charge in [-0.15, -0.1) is 0 Å². The summed E-state index contributed by atoms with van der Waals surface area (Å²) < 4.78 is 0. The minimum Gasteiger partial charge on any atom is -0.480 e. The average molecular weight is 388 g/mol. The lowest BCUT2D eigenvalue weighted by atomic mass is 10.0. The van der Waals surface area contributed by atoms with Crippen LogP contribution in [0, 0.1) is 6.92 Å². The van der Waals surface area contributed by atoms with E-state index in [1.165, 1.54) is 10.5 Å². The molecule has 2 aliphatic heterocycles. The smallest absolute Gasteiger partial charge is 0.323 e. The quantitative estimate of drug-likeness (QED) is 0.699. The van der Waals surface area contributed by atoms with Crippen LogP contribution in [-0.4, -0.2) is 46.0 Å². The molecule has 1 amide bonds. The molecule has 1 saturated heterocycles. The molecule has 0 radical (unpaired) electrons. The van der Waals surface area contributed by atoms with Gasteiger partial charge in [-0.3, -0.25) is 14.6 Å². The molecule has 1 fully saturated rings. The Kier molecular flexibility index (Phi) is 8.05. The van der Waals surface area contributed by atoms with Crippen molar-refractivity contribution >= 4 is 11.9 Å². The molecule has 2 heterocycles. The van der Waals surface area contributed by atoms with Gasteiger partial charge in [-0.1, -0.05) is 69.9 Å². The second-order valence-electron chi connectivity index (χ2n) is 7.17. The van der Waals surface area contributed by atoms with Crippen LogP contribution in [0.3, 0.4) is 0 Å². The summed E-state index contributed by atoms with van der Waals surface area (Å²) >= 11 is 0. The lowest BCUT2D eigenvalue weighted by Crippen LogP contribution is -2.57. The van der Waals surface area contributed by atoms with Gasteiger partial charge in [0.15, 0.2) is 0 Å². The number of unbranched alkanes of at least 4 members (excludes halogenated alkanes) is 2. The molecule has 2 aliphatic rings. The van der Waals surface area contributed by atoms with Crippen molar-refractivity contribution in [3.05, 3.63) is 47.2 Å². The SMILES string of the molecule is CC.CCCCCC1CN(CC(=O)O)C(=O)C2=CC(c3ccc(C)cc3)NN21. The van der Waals surface area contributed by atoms with Crippen LogP contribution in [0.4, 0.5) is 0 Å². The Hall–Kier alpha value is -2.34. The molecule has 6 nitrogen and oxygen atoms in total. The molecule has 1 aromatic carbocycles. The zero-order valence-electron chi connectivity index (χ0n) is 17.4. The Balaban J connectivity index is 0.00000136. The van der Waals surface area contributed by atoms with Crippen molar-refractivity contribution in [3.63, 3.8) is 0 Å². The van der Waals surface area contributed by atoms with E-state index in [1.54, 1.807) is 0 Å². The monoisotopic (exact) mass is 387 g/mol. The number of aryl methyl sites for hydroxylation is 1. The number of hydrazine groups is 1. The van der Waals surface area contributed by atoms with E-state index in [4.69, 9.17) is 5.11 Å². The zero-order valence-corrected chi connectivity index (χ0v) is 17.4. The van der Waals surface area contributed by atoms with Crippen molar-refractivity contribution in [1.29, 1.82) is 0 Å².